The molecule has 0 atom stereocenters. The van der Waals surface area contributed by atoms with Gasteiger partial charge in [0.2, 0.25) is 5.16 Å². The van der Waals surface area contributed by atoms with Crippen molar-refractivity contribution in [3.05, 3.63) is 106 Å². The minimum absolute atomic E-state index is 0.549. The molecule has 4 aromatic rings. The molecule has 0 aliphatic heterocycles. The van der Waals surface area contributed by atoms with Crippen LogP contribution >= 0.6 is 27.7 Å². The van der Waals surface area contributed by atoms with Crippen LogP contribution in [0.25, 0.3) is 0 Å². The standard InChI is InChI=1S/C24H21BrN4OS/c1-18-27-28-24(31-17-21-7-11-22(25)12-8-21)29(18)26-15-19-9-13-23(14-10-19)30-16-20-5-3-2-4-6-20/h2-15H,16-17H2,1H3/b26-15-. The van der Waals surface area contributed by atoms with Gasteiger partial charge in [-0.15, -0.1) is 10.2 Å². The molecule has 31 heavy (non-hydrogen) atoms. The van der Waals surface area contributed by atoms with E-state index in [0.717, 1.165) is 38.1 Å². The third-order valence-electron chi connectivity index (χ3n) is 4.50. The largest absolute Gasteiger partial charge is 0.489 e. The van der Waals surface area contributed by atoms with Gasteiger partial charge in [0.15, 0.2) is 5.82 Å². The maximum atomic E-state index is 5.84. The van der Waals surface area contributed by atoms with Crippen LogP contribution < -0.4 is 4.74 Å². The lowest BCUT2D eigenvalue weighted by molar-refractivity contribution is 0.306. The lowest BCUT2D eigenvalue weighted by Crippen LogP contribution is -1.97. The van der Waals surface area contributed by atoms with Crippen LogP contribution in [0.4, 0.5) is 0 Å². The summed E-state index contributed by atoms with van der Waals surface area (Å²) in [6, 6.07) is 26.3. The molecule has 0 bridgehead atoms. The SMILES string of the molecule is Cc1nnc(SCc2ccc(Br)cc2)n1/N=C\c1ccc(OCc2ccccc2)cc1. The highest BCUT2D eigenvalue weighted by Crippen LogP contribution is 2.23. The van der Waals surface area contributed by atoms with E-state index in [4.69, 9.17) is 4.74 Å². The van der Waals surface area contributed by atoms with E-state index in [-0.39, 0.29) is 0 Å². The van der Waals surface area contributed by atoms with E-state index in [9.17, 15) is 0 Å². The molecule has 1 heterocycles. The van der Waals surface area contributed by atoms with Gasteiger partial charge in [-0.25, -0.2) is 0 Å². The maximum absolute atomic E-state index is 5.84. The quantitative estimate of drug-likeness (QED) is 0.220. The Labute approximate surface area is 194 Å². The first-order valence-electron chi connectivity index (χ1n) is 9.78. The van der Waals surface area contributed by atoms with Gasteiger partial charge in [-0.2, -0.15) is 9.78 Å². The van der Waals surface area contributed by atoms with Gasteiger partial charge in [-0.1, -0.05) is 70.2 Å². The molecular formula is C24H21BrN4OS. The fraction of sp³-hybridized carbons (Fsp3) is 0.125. The number of aryl methyl sites for hydroxylation is 1. The van der Waals surface area contributed by atoms with Crippen molar-refractivity contribution < 1.29 is 4.74 Å². The van der Waals surface area contributed by atoms with Gasteiger partial charge >= 0.3 is 0 Å². The van der Waals surface area contributed by atoms with E-state index in [1.807, 2.05) is 61.5 Å². The van der Waals surface area contributed by atoms with Crippen LogP contribution in [0.15, 0.2) is 93.6 Å². The molecule has 0 saturated carbocycles. The lowest BCUT2D eigenvalue weighted by atomic mass is 10.2. The van der Waals surface area contributed by atoms with Gasteiger partial charge in [0.25, 0.3) is 0 Å². The minimum atomic E-state index is 0.549. The second-order valence-electron chi connectivity index (χ2n) is 6.84. The van der Waals surface area contributed by atoms with Crippen LogP contribution in [-0.4, -0.2) is 21.1 Å². The molecule has 0 saturated heterocycles. The fourth-order valence-electron chi connectivity index (χ4n) is 2.81. The summed E-state index contributed by atoms with van der Waals surface area (Å²) in [5.41, 5.74) is 3.34. The maximum Gasteiger partial charge on any atom is 0.212 e. The Morgan fingerprint density at radius 1 is 0.935 bits per heavy atom. The Morgan fingerprint density at radius 3 is 2.42 bits per heavy atom. The van der Waals surface area contributed by atoms with Crippen molar-refractivity contribution in [2.45, 2.75) is 24.4 Å². The zero-order chi connectivity index (χ0) is 21.5. The topological polar surface area (TPSA) is 52.3 Å². The highest BCUT2D eigenvalue weighted by molar-refractivity contribution is 9.10. The zero-order valence-electron chi connectivity index (χ0n) is 17.0. The molecule has 1 aromatic heterocycles. The summed E-state index contributed by atoms with van der Waals surface area (Å²) in [6.45, 7) is 2.45. The molecule has 5 nitrogen and oxygen atoms in total. The van der Waals surface area contributed by atoms with Crippen molar-refractivity contribution in [2.24, 2.45) is 5.10 Å². The van der Waals surface area contributed by atoms with Crippen LogP contribution in [-0.2, 0) is 12.4 Å². The molecule has 0 N–H and O–H groups in total. The summed E-state index contributed by atoms with van der Waals surface area (Å²) < 4.78 is 8.68. The molecule has 7 heteroatoms. The summed E-state index contributed by atoms with van der Waals surface area (Å²) in [5, 5.41) is 13.8. The average molecular weight is 493 g/mol. The molecule has 0 radical (unpaired) electrons. The molecule has 0 unspecified atom stereocenters. The van der Waals surface area contributed by atoms with Crippen molar-refractivity contribution >= 4 is 33.9 Å². The first-order valence-corrected chi connectivity index (χ1v) is 11.6. The van der Waals surface area contributed by atoms with Gasteiger partial charge < -0.3 is 4.74 Å². The number of aromatic nitrogens is 3. The Balaban J connectivity index is 1.37. The van der Waals surface area contributed by atoms with Gasteiger partial charge in [-0.05, 0) is 60.0 Å². The molecule has 0 amide bonds. The Hall–Kier alpha value is -2.90. The lowest BCUT2D eigenvalue weighted by Gasteiger charge is -2.06. The smallest absolute Gasteiger partial charge is 0.212 e. The molecule has 0 aliphatic carbocycles. The molecule has 0 spiro atoms. The highest BCUT2D eigenvalue weighted by Gasteiger charge is 2.09. The predicted molar refractivity (Wildman–Crippen MR) is 129 cm³/mol. The Morgan fingerprint density at radius 2 is 1.68 bits per heavy atom. The number of rotatable bonds is 8. The number of ether oxygens (including phenoxy) is 1. The fourth-order valence-corrected chi connectivity index (χ4v) is 3.96. The van der Waals surface area contributed by atoms with Gasteiger partial charge in [0.05, 0.1) is 6.21 Å². The van der Waals surface area contributed by atoms with Crippen LogP contribution in [0.5, 0.6) is 5.75 Å². The molecule has 0 aliphatic rings. The summed E-state index contributed by atoms with van der Waals surface area (Å²) in [4.78, 5) is 0. The number of thioether (sulfide) groups is 1. The van der Waals surface area contributed by atoms with Crippen molar-refractivity contribution in [3.63, 3.8) is 0 Å². The minimum Gasteiger partial charge on any atom is -0.489 e. The molecule has 0 fully saturated rings. The number of benzene rings is 3. The van der Waals surface area contributed by atoms with E-state index >= 15 is 0 Å². The van der Waals surface area contributed by atoms with E-state index in [1.165, 1.54) is 5.56 Å². The summed E-state index contributed by atoms with van der Waals surface area (Å²) in [5.74, 6) is 2.37. The summed E-state index contributed by atoms with van der Waals surface area (Å²) in [6.07, 6.45) is 1.81. The van der Waals surface area contributed by atoms with E-state index in [2.05, 4.69) is 55.5 Å². The van der Waals surface area contributed by atoms with Crippen LogP contribution in [0, 0.1) is 6.92 Å². The monoisotopic (exact) mass is 492 g/mol. The summed E-state index contributed by atoms with van der Waals surface area (Å²) in [7, 11) is 0. The van der Waals surface area contributed by atoms with Crippen LogP contribution in [0.2, 0.25) is 0 Å². The van der Waals surface area contributed by atoms with Crippen molar-refractivity contribution in [1.82, 2.24) is 14.9 Å². The third-order valence-corrected chi connectivity index (χ3v) is 6.02. The molecule has 4 rings (SSSR count). The number of nitrogens with zero attached hydrogens (tertiary/aromatic N) is 4. The van der Waals surface area contributed by atoms with Crippen molar-refractivity contribution in [1.29, 1.82) is 0 Å². The molecular weight excluding hydrogens is 472 g/mol. The van der Waals surface area contributed by atoms with Crippen LogP contribution in [0.3, 0.4) is 0 Å². The first-order chi connectivity index (χ1) is 15.2. The van der Waals surface area contributed by atoms with E-state index < -0.39 is 0 Å². The third kappa shape index (κ3) is 6.06. The van der Waals surface area contributed by atoms with E-state index in [1.54, 1.807) is 22.7 Å². The molecule has 156 valence electrons. The average Bonchev–Trinajstić information content (AvgIpc) is 3.16. The second-order valence-corrected chi connectivity index (χ2v) is 8.70. The van der Waals surface area contributed by atoms with Crippen LogP contribution in [0.1, 0.15) is 22.5 Å². The van der Waals surface area contributed by atoms with Crippen molar-refractivity contribution in [2.75, 3.05) is 0 Å². The number of hydrogen-bond donors (Lipinski definition) is 0. The molecule has 3 aromatic carbocycles. The number of halogens is 1. The normalized spacial score (nSPS) is 11.2. The Bertz CT molecular complexity index is 1140. The Kier molecular flexibility index (Phi) is 7.17. The van der Waals surface area contributed by atoms with Gasteiger partial charge in [0, 0.05) is 10.2 Å². The highest BCUT2D eigenvalue weighted by atomic mass is 79.9. The first kappa shape index (κ1) is 21.3. The van der Waals surface area contributed by atoms with Gasteiger partial charge in [0.1, 0.15) is 12.4 Å². The predicted octanol–water partition coefficient (Wildman–Crippen LogP) is 6.10. The number of hydrogen-bond acceptors (Lipinski definition) is 5. The van der Waals surface area contributed by atoms with Gasteiger partial charge in [-0.3, -0.25) is 0 Å². The summed E-state index contributed by atoms with van der Waals surface area (Å²) >= 11 is 5.07. The van der Waals surface area contributed by atoms with Crippen molar-refractivity contribution in [3.8, 4) is 5.75 Å². The zero-order valence-corrected chi connectivity index (χ0v) is 19.4. The second kappa shape index (κ2) is 10.4. The van der Waals surface area contributed by atoms with E-state index in [0.29, 0.717) is 6.61 Å².